The monoisotopic (exact) mass is 354 g/mol. The van der Waals surface area contributed by atoms with Gasteiger partial charge in [-0.25, -0.2) is 9.97 Å². The second kappa shape index (κ2) is 7.07. The number of thiophene rings is 1. The number of fused-ring (bicyclic) bond motifs is 3. The van der Waals surface area contributed by atoms with E-state index in [2.05, 4.69) is 27.7 Å². The Morgan fingerprint density at radius 2 is 2.00 bits per heavy atom. The molecular weight excluding hydrogens is 332 g/mol. The Bertz CT molecular complexity index is 669. The van der Waals surface area contributed by atoms with Crippen molar-refractivity contribution in [3.05, 3.63) is 10.4 Å². The molecule has 0 aromatic carbocycles. The molecule has 0 spiro atoms. The maximum atomic E-state index is 6.02. The molecular formula is C16H22N2OS3. The van der Waals surface area contributed by atoms with Crippen molar-refractivity contribution in [2.75, 3.05) is 11.5 Å². The summed E-state index contributed by atoms with van der Waals surface area (Å²) in [5.74, 6) is 2.59. The molecule has 1 atom stereocenters. The van der Waals surface area contributed by atoms with Crippen LogP contribution < -0.4 is 0 Å². The second-order valence-corrected chi connectivity index (χ2v) is 9.23. The van der Waals surface area contributed by atoms with Gasteiger partial charge in [-0.1, -0.05) is 39.5 Å². The van der Waals surface area contributed by atoms with E-state index in [4.69, 9.17) is 14.7 Å². The smallest absolute Gasteiger partial charge is 0.189 e. The van der Waals surface area contributed by atoms with E-state index in [1.807, 2.05) is 11.8 Å². The SMILES string of the molecule is CCSc1nc(SCC)c2c3c(sc2n1)COC(C(C)C)C3. The van der Waals surface area contributed by atoms with Crippen LogP contribution in [0.2, 0.25) is 0 Å². The van der Waals surface area contributed by atoms with E-state index in [-0.39, 0.29) is 0 Å². The van der Waals surface area contributed by atoms with Crippen LogP contribution in [0, 0.1) is 5.92 Å². The molecule has 1 unspecified atom stereocenters. The Hall–Kier alpha value is -0.300. The lowest BCUT2D eigenvalue weighted by atomic mass is 9.96. The first-order valence-corrected chi connectivity index (χ1v) is 10.6. The lowest BCUT2D eigenvalue weighted by molar-refractivity contribution is 0.00199. The highest BCUT2D eigenvalue weighted by Crippen LogP contribution is 2.41. The highest BCUT2D eigenvalue weighted by Gasteiger charge is 2.27. The summed E-state index contributed by atoms with van der Waals surface area (Å²) >= 11 is 5.35. The van der Waals surface area contributed by atoms with Crippen molar-refractivity contribution in [1.29, 1.82) is 0 Å². The van der Waals surface area contributed by atoms with Crippen molar-refractivity contribution >= 4 is 45.1 Å². The van der Waals surface area contributed by atoms with Crippen LogP contribution in [0.1, 0.15) is 38.1 Å². The molecule has 0 N–H and O–H groups in total. The van der Waals surface area contributed by atoms with Crippen LogP contribution in [-0.2, 0) is 17.8 Å². The van der Waals surface area contributed by atoms with Gasteiger partial charge in [0, 0.05) is 16.7 Å². The maximum absolute atomic E-state index is 6.02. The Kier molecular flexibility index (Phi) is 5.32. The lowest BCUT2D eigenvalue weighted by Gasteiger charge is -2.26. The molecule has 120 valence electrons. The van der Waals surface area contributed by atoms with E-state index >= 15 is 0 Å². The molecule has 0 saturated heterocycles. The fourth-order valence-corrected chi connectivity index (χ4v) is 5.35. The van der Waals surface area contributed by atoms with Gasteiger partial charge in [-0.05, 0) is 23.0 Å². The molecule has 0 amide bonds. The van der Waals surface area contributed by atoms with Crippen LogP contribution in [0.25, 0.3) is 10.2 Å². The molecule has 6 heteroatoms. The van der Waals surface area contributed by atoms with Gasteiger partial charge in [-0.2, -0.15) is 0 Å². The summed E-state index contributed by atoms with van der Waals surface area (Å²) < 4.78 is 6.02. The van der Waals surface area contributed by atoms with Crippen LogP contribution in [0.5, 0.6) is 0 Å². The number of aromatic nitrogens is 2. The van der Waals surface area contributed by atoms with Crippen LogP contribution >= 0.6 is 34.9 Å². The largest absolute Gasteiger partial charge is 0.372 e. The maximum Gasteiger partial charge on any atom is 0.189 e. The number of rotatable bonds is 5. The van der Waals surface area contributed by atoms with Gasteiger partial charge in [0.2, 0.25) is 0 Å². The molecule has 22 heavy (non-hydrogen) atoms. The fraction of sp³-hybridized carbons (Fsp3) is 0.625. The molecule has 2 aromatic rings. The summed E-state index contributed by atoms with van der Waals surface area (Å²) in [7, 11) is 0. The van der Waals surface area contributed by atoms with Gasteiger partial charge in [-0.3, -0.25) is 0 Å². The van der Waals surface area contributed by atoms with Gasteiger partial charge in [0.15, 0.2) is 5.16 Å². The summed E-state index contributed by atoms with van der Waals surface area (Å²) in [5, 5.41) is 3.36. The molecule has 0 radical (unpaired) electrons. The first kappa shape index (κ1) is 16.6. The van der Waals surface area contributed by atoms with Gasteiger partial charge in [0.25, 0.3) is 0 Å². The third kappa shape index (κ3) is 3.16. The first-order chi connectivity index (χ1) is 10.6. The number of nitrogens with zero attached hydrogens (tertiary/aromatic N) is 2. The third-order valence-electron chi connectivity index (χ3n) is 3.81. The van der Waals surface area contributed by atoms with Crippen LogP contribution in [0.4, 0.5) is 0 Å². The summed E-state index contributed by atoms with van der Waals surface area (Å²) in [6.07, 6.45) is 1.31. The molecule has 3 heterocycles. The minimum atomic E-state index is 0.314. The van der Waals surface area contributed by atoms with Gasteiger partial charge < -0.3 is 4.74 Å². The Labute approximate surface area is 144 Å². The third-order valence-corrected chi connectivity index (χ3v) is 6.50. The standard InChI is InChI=1S/C16H22N2OS3/c1-5-20-14-13-10-7-11(9(3)4)19-8-12(10)22-15(13)18-16(17-14)21-6-2/h9,11H,5-8H2,1-4H3. The average Bonchev–Trinajstić information content (AvgIpc) is 2.85. The molecule has 3 nitrogen and oxygen atoms in total. The van der Waals surface area contributed by atoms with Crippen molar-refractivity contribution in [2.45, 2.75) is 57.0 Å². The number of hydrogen-bond acceptors (Lipinski definition) is 6. The molecule has 0 fully saturated rings. The highest BCUT2D eigenvalue weighted by atomic mass is 32.2. The van der Waals surface area contributed by atoms with Crippen molar-refractivity contribution in [2.24, 2.45) is 5.92 Å². The quantitative estimate of drug-likeness (QED) is 0.428. The predicted octanol–water partition coefficient (Wildman–Crippen LogP) is 5.01. The zero-order valence-corrected chi connectivity index (χ0v) is 16.0. The predicted molar refractivity (Wildman–Crippen MR) is 97.3 cm³/mol. The first-order valence-electron chi connectivity index (χ1n) is 7.83. The Balaban J connectivity index is 2.10. The number of ether oxygens (including phenoxy) is 1. The Morgan fingerprint density at radius 1 is 1.23 bits per heavy atom. The molecule has 1 aliphatic heterocycles. The van der Waals surface area contributed by atoms with Gasteiger partial charge >= 0.3 is 0 Å². The van der Waals surface area contributed by atoms with E-state index in [1.165, 1.54) is 15.8 Å². The van der Waals surface area contributed by atoms with Gasteiger partial charge in [-0.15, -0.1) is 23.1 Å². The van der Waals surface area contributed by atoms with Crippen LogP contribution in [-0.4, -0.2) is 27.6 Å². The van der Waals surface area contributed by atoms with Crippen molar-refractivity contribution in [3.63, 3.8) is 0 Å². The van der Waals surface area contributed by atoms with E-state index in [9.17, 15) is 0 Å². The molecule has 2 aromatic heterocycles. The molecule has 3 rings (SSSR count). The van der Waals surface area contributed by atoms with Gasteiger partial charge in [0.05, 0.1) is 12.7 Å². The van der Waals surface area contributed by atoms with Crippen molar-refractivity contribution in [3.8, 4) is 0 Å². The van der Waals surface area contributed by atoms with Crippen molar-refractivity contribution < 1.29 is 4.74 Å². The second-order valence-electron chi connectivity index (χ2n) is 5.66. The topological polar surface area (TPSA) is 35.0 Å². The van der Waals surface area contributed by atoms with Crippen LogP contribution in [0.3, 0.4) is 0 Å². The number of hydrogen-bond donors (Lipinski definition) is 0. The molecule has 0 saturated carbocycles. The highest BCUT2D eigenvalue weighted by molar-refractivity contribution is 7.99. The zero-order chi connectivity index (χ0) is 15.7. The summed E-state index contributed by atoms with van der Waals surface area (Å²) in [5.41, 5.74) is 1.44. The van der Waals surface area contributed by atoms with Crippen LogP contribution in [0.15, 0.2) is 10.2 Å². The minimum Gasteiger partial charge on any atom is -0.372 e. The average molecular weight is 355 g/mol. The lowest BCUT2D eigenvalue weighted by Crippen LogP contribution is -2.26. The summed E-state index contributed by atoms with van der Waals surface area (Å²) in [4.78, 5) is 12.1. The normalized spacial score (nSPS) is 18.1. The molecule has 0 aliphatic carbocycles. The molecule has 0 bridgehead atoms. The number of thioether (sulfide) groups is 2. The zero-order valence-electron chi connectivity index (χ0n) is 13.5. The van der Waals surface area contributed by atoms with Gasteiger partial charge in [0.1, 0.15) is 9.86 Å². The summed E-state index contributed by atoms with van der Waals surface area (Å²) in [6.45, 7) is 9.53. The van der Waals surface area contributed by atoms with E-state index in [0.29, 0.717) is 12.0 Å². The van der Waals surface area contributed by atoms with E-state index in [0.717, 1.165) is 39.5 Å². The molecule has 1 aliphatic rings. The Morgan fingerprint density at radius 3 is 2.68 bits per heavy atom. The van der Waals surface area contributed by atoms with E-state index in [1.54, 1.807) is 23.1 Å². The summed E-state index contributed by atoms with van der Waals surface area (Å²) in [6, 6.07) is 0. The minimum absolute atomic E-state index is 0.314. The van der Waals surface area contributed by atoms with Crippen molar-refractivity contribution in [1.82, 2.24) is 9.97 Å². The fourth-order valence-electron chi connectivity index (χ4n) is 2.69. The van der Waals surface area contributed by atoms with E-state index < -0.39 is 0 Å².